The minimum Gasteiger partial charge on any atom is -0.491 e. The molecule has 1 fully saturated rings. The molecule has 2 N–H and O–H groups in total. The van der Waals surface area contributed by atoms with Crippen LogP contribution in [0.4, 0.5) is 5.69 Å². The summed E-state index contributed by atoms with van der Waals surface area (Å²) in [6.45, 7) is 2.89. The standard InChI is InChI=1S/C16H22N2O2/c19-15(7-6-12-8-9-17-11-12)18-14-5-1-3-13-4-2-10-20-16(13)14/h1,3,5,12,17H,2,4,6-11H2,(H,18,19). The van der Waals surface area contributed by atoms with Crippen molar-refractivity contribution >= 4 is 11.6 Å². The fraction of sp³-hybridized carbons (Fsp3) is 0.562. The molecule has 1 saturated heterocycles. The van der Waals surface area contributed by atoms with Crippen LogP contribution in [0.5, 0.6) is 5.75 Å². The monoisotopic (exact) mass is 274 g/mol. The molecule has 108 valence electrons. The smallest absolute Gasteiger partial charge is 0.224 e. The second-order valence-electron chi connectivity index (χ2n) is 5.69. The van der Waals surface area contributed by atoms with Gasteiger partial charge < -0.3 is 15.4 Å². The Hall–Kier alpha value is -1.55. The Kier molecular flexibility index (Phi) is 4.21. The molecule has 0 saturated carbocycles. The maximum atomic E-state index is 12.1. The summed E-state index contributed by atoms with van der Waals surface area (Å²) < 4.78 is 5.71. The Bertz CT molecular complexity index is 481. The van der Waals surface area contributed by atoms with Gasteiger partial charge in [-0.1, -0.05) is 12.1 Å². The number of fused-ring (bicyclic) bond motifs is 1. The lowest BCUT2D eigenvalue weighted by Gasteiger charge is -2.20. The first kappa shape index (κ1) is 13.4. The van der Waals surface area contributed by atoms with E-state index < -0.39 is 0 Å². The molecule has 0 radical (unpaired) electrons. The second kappa shape index (κ2) is 6.27. The van der Waals surface area contributed by atoms with Crippen molar-refractivity contribution in [3.63, 3.8) is 0 Å². The molecular formula is C16H22N2O2. The van der Waals surface area contributed by atoms with Crippen molar-refractivity contribution in [3.05, 3.63) is 23.8 Å². The molecule has 1 amide bonds. The van der Waals surface area contributed by atoms with Crippen molar-refractivity contribution in [1.29, 1.82) is 0 Å². The van der Waals surface area contributed by atoms with Gasteiger partial charge >= 0.3 is 0 Å². The van der Waals surface area contributed by atoms with E-state index in [0.717, 1.165) is 50.4 Å². The normalized spacial score (nSPS) is 21.1. The van der Waals surface area contributed by atoms with E-state index in [1.54, 1.807) is 0 Å². The highest BCUT2D eigenvalue weighted by molar-refractivity contribution is 5.92. The van der Waals surface area contributed by atoms with Gasteiger partial charge in [-0.3, -0.25) is 4.79 Å². The van der Waals surface area contributed by atoms with Gasteiger partial charge in [0.1, 0.15) is 5.75 Å². The highest BCUT2D eigenvalue weighted by atomic mass is 16.5. The third-order valence-electron chi connectivity index (χ3n) is 4.15. The molecule has 4 nitrogen and oxygen atoms in total. The molecule has 1 aromatic rings. The summed E-state index contributed by atoms with van der Waals surface area (Å²) in [7, 11) is 0. The average molecular weight is 274 g/mol. The van der Waals surface area contributed by atoms with E-state index in [9.17, 15) is 4.79 Å². The quantitative estimate of drug-likeness (QED) is 0.886. The number of amides is 1. The van der Waals surface area contributed by atoms with Crippen LogP contribution in [0, 0.1) is 5.92 Å². The van der Waals surface area contributed by atoms with E-state index >= 15 is 0 Å². The van der Waals surface area contributed by atoms with Crippen LogP contribution in [0.2, 0.25) is 0 Å². The van der Waals surface area contributed by atoms with Crippen molar-refractivity contribution in [3.8, 4) is 5.75 Å². The number of benzene rings is 1. The van der Waals surface area contributed by atoms with Gasteiger partial charge in [0, 0.05) is 6.42 Å². The number of hydrogen-bond donors (Lipinski definition) is 2. The molecule has 0 aromatic heterocycles. The summed E-state index contributed by atoms with van der Waals surface area (Å²) >= 11 is 0. The summed E-state index contributed by atoms with van der Waals surface area (Å²) in [4.78, 5) is 12.1. The van der Waals surface area contributed by atoms with Crippen LogP contribution < -0.4 is 15.4 Å². The molecule has 1 atom stereocenters. The number of carbonyl (C=O) groups is 1. The maximum Gasteiger partial charge on any atom is 0.224 e. The summed E-state index contributed by atoms with van der Waals surface area (Å²) in [6, 6.07) is 6.00. The van der Waals surface area contributed by atoms with Crippen LogP contribution in [-0.4, -0.2) is 25.6 Å². The van der Waals surface area contributed by atoms with E-state index in [1.165, 1.54) is 12.0 Å². The maximum absolute atomic E-state index is 12.1. The summed E-state index contributed by atoms with van der Waals surface area (Å²) in [6.07, 6.45) is 4.84. The molecule has 0 aliphatic carbocycles. The van der Waals surface area contributed by atoms with Crippen LogP contribution in [0.25, 0.3) is 0 Å². The van der Waals surface area contributed by atoms with E-state index in [4.69, 9.17) is 4.74 Å². The number of aryl methyl sites for hydroxylation is 1. The summed E-state index contributed by atoms with van der Waals surface area (Å²) in [5.41, 5.74) is 2.03. The van der Waals surface area contributed by atoms with Crippen LogP contribution in [0.1, 0.15) is 31.2 Å². The number of anilines is 1. The fourth-order valence-corrected chi connectivity index (χ4v) is 3.00. The van der Waals surface area contributed by atoms with Gasteiger partial charge in [-0.2, -0.15) is 0 Å². The SMILES string of the molecule is O=C(CCC1CCNC1)Nc1cccc2c1OCCC2. The van der Waals surface area contributed by atoms with Gasteiger partial charge in [-0.25, -0.2) is 0 Å². The average Bonchev–Trinajstić information content (AvgIpc) is 2.99. The van der Waals surface area contributed by atoms with Crippen LogP contribution in [-0.2, 0) is 11.2 Å². The summed E-state index contributed by atoms with van der Waals surface area (Å²) in [5, 5.41) is 6.34. The zero-order valence-corrected chi connectivity index (χ0v) is 11.8. The second-order valence-corrected chi connectivity index (χ2v) is 5.69. The van der Waals surface area contributed by atoms with Crippen molar-refractivity contribution in [2.24, 2.45) is 5.92 Å². The predicted octanol–water partition coefficient (Wildman–Crippen LogP) is 2.34. The first-order valence-corrected chi connectivity index (χ1v) is 7.58. The molecule has 4 heteroatoms. The van der Waals surface area contributed by atoms with Crippen molar-refractivity contribution < 1.29 is 9.53 Å². The molecule has 2 aliphatic heterocycles. The molecule has 2 aliphatic rings. The van der Waals surface area contributed by atoms with Gasteiger partial charge in [0.15, 0.2) is 0 Å². The number of nitrogens with one attached hydrogen (secondary N) is 2. The minimum absolute atomic E-state index is 0.0967. The van der Waals surface area contributed by atoms with E-state index in [0.29, 0.717) is 12.3 Å². The van der Waals surface area contributed by atoms with Crippen LogP contribution in [0.3, 0.4) is 0 Å². The number of ether oxygens (including phenoxy) is 1. The van der Waals surface area contributed by atoms with Crippen molar-refractivity contribution in [2.45, 2.75) is 32.1 Å². The third kappa shape index (κ3) is 3.12. The first-order valence-electron chi connectivity index (χ1n) is 7.58. The minimum atomic E-state index is 0.0967. The molecule has 3 rings (SSSR count). The van der Waals surface area contributed by atoms with Gasteiger partial charge in [-0.05, 0) is 56.3 Å². The zero-order valence-electron chi connectivity index (χ0n) is 11.8. The Morgan fingerprint density at radius 3 is 3.25 bits per heavy atom. The molecular weight excluding hydrogens is 252 g/mol. The van der Waals surface area contributed by atoms with Gasteiger partial charge in [-0.15, -0.1) is 0 Å². The molecule has 0 spiro atoms. The van der Waals surface area contributed by atoms with Gasteiger partial charge in [0.2, 0.25) is 5.91 Å². The van der Waals surface area contributed by atoms with Crippen molar-refractivity contribution in [2.75, 3.05) is 25.0 Å². The lowest BCUT2D eigenvalue weighted by Crippen LogP contribution is -2.17. The number of para-hydroxylation sites is 1. The highest BCUT2D eigenvalue weighted by Crippen LogP contribution is 2.33. The molecule has 1 unspecified atom stereocenters. The Labute approximate surface area is 119 Å². The van der Waals surface area contributed by atoms with E-state index in [-0.39, 0.29) is 5.91 Å². The topological polar surface area (TPSA) is 50.4 Å². The molecule has 1 aromatic carbocycles. The largest absolute Gasteiger partial charge is 0.491 e. The predicted molar refractivity (Wildman–Crippen MR) is 79.1 cm³/mol. The number of carbonyl (C=O) groups excluding carboxylic acids is 1. The molecule has 0 bridgehead atoms. The Morgan fingerprint density at radius 2 is 2.40 bits per heavy atom. The Morgan fingerprint density at radius 1 is 1.45 bits per heavy atom. The third-order valence-corrected chi connectivity index (χ3v) is 4.15. The highest BCUT2D eigenvalue weighted by Gasteiger charge is 2.18. The first-order chi connectivity index (χ1) is 9.83. The van der Waals surface area contributed by atoms with Gasteiger partial charge in [0.25, 0.3) is 0 Å². The summed E-state index contributed by atoms with van der Waals surface area (Å²) in [5.74, 6) is 1.62. The van der Waals surface area contributed by atoms with Gasteiger partial charge in [0.05, 0.1) is 12.3 Å². The lowest BCUT2D eigenvalue weighted by atomic mass is 10.0. The lowest BCUT2D eigenvalue weighted by molar-refractivity contribution is -0.116. The van der Waals surface area contributed by atoms with Crippen LogP contribution in [0.15, 0.2) is 18.2 Å². The van der Waals surface area contributed by atoms with Crippen molar-refractivity contribution in [1.82, 2.24) is 5.32 Å². The van der Waals surface area contributed by atoms with E-state index in [1.807, 2.05) is 12.1 Å². The molecule has 2 heterocycles. The fourth-order valence-electron chi connectivity index (χ4n) is 3.00. The zero-order chi connectivity index (χ0) is 13.8. The number of hydrogen-bond acceptors (Lipinski definition) is 3. The van der Waals surface area contributed by atoms with E-state index in [2.05, 4.69) is 16.7 Å². The van der Waals surface area contributed by atoms with Crippen LogP contribution >= 0.6 is 0 Å². The number of rotatable bonds is 4. The molecule has 20 heavy (non-hydrogen) atoms. The Balaban J connectivity index is 1.58.